The van der Waals surface area contributed by atoms with Crippen molar-refractivity contribution in [3.8, 4) is 16.5 Å². The summed E-state index contributed by atoms with van der Waals surface area (Å²) >= 11 is 1.44. The fourth-order valence-electron chi connectivity index (χ4n) is 3.45. The van der Waals surface area contributed by atoms with E-state index in [1.807, 2.05) is 12.1 Å². The summed E-state index contributed by atoms with van der Waals surface area (Å²) in [6.07, 6.45) is -1.02. The Bertz CT molecular complexity index is 1200. The highest BCUT2D eigenvalue weighted by molar-refractivity contribution is 7.15. The number of halogens is 3. The number of carbonyl (C=O) groups is 1. The van der Waals surface area contributed by atoms with E-state index in [-0.39, 0.29) is 12.2 Å². The van der Waals surface area contributed by atoms with Crippen molar-refractivity contribution < 1.29 is 32.2 Å². The molecule has 0 N–H and O–H groups in total. The average molecular weight is 490 g/mol. The zero-order chi connectivity index (χ0) is 24.3. The molecule has 1 aliphatic rings. The van der Waals surface area contributed by atoms with E-state index in [1.54, 1.807) is 12.1 Å². The Morgan fingerprint density at radius 3 is 2.44 bits per heavy atom. The molecule has 1 aliphatic carbocycles. The molecule has 4 rings (SSSR count). The summed E-state index contributed by atoms with van der Waals surface area (Å²) < 4.78 is 54.7. The maximum Gasteiger partial charge on any atom is 0.416 e. The minimum atomic E-state index is -4.39. The third kappa shape index (κ3) is 5.25. The summed E-state index contributed by atoms with van der Waals surface area (Å²) in [5.74, 6) is 0.267. The molecule has 0 radical (unpaired) electrons. The molecule has 5 nitrogen and oxygen atoms in total. The number of hydrogen-bond donors (Lipinski definition) is 0. The van der Waals surface area contributed by atoms with Gasteiger partial charge >= 0.3 is 12.1 Å². The third-order valence-electron chi connectivity index (χ3n) is 5.34. The van der Waals surface area contributed by atoms with E-state index in [0.717, 1.165) is 35.4 Å². The van der Waals surface area contributed by atoms with Crippen LogP contribution in [0.15, 0.2) is 54.8 Å². The lowest BCUT2D eigenvalue weighted by atomic mass is 10.0. The van der Waals surface area contributed by atoms with Crippen molar-refractivity contribution in [2.45, 2.75) is 31.5 Å². The number of methoxy groups -OCH3 is 2. The molecule has 9 heteroatoms. The second-order valence-corrected chi connectivity index (χ2v) is 8.77. The molecule has 178 valence electrons. The Hall–Kier alpha value is -3.33. The van der Waals surface area contributed by atoms with Crippen LogP contribution in [0.2, 0.25) is 0 Å². The average Bonchev–Trinajstić information content (AvgIpc) is 3.59. The molecule has 0 saturated heterocycles. The SMILES string of the molecule is CO/C=C(/C(=O)OC)c1ccccc1COc1nc(-c2ccc(C(F)(F)F)cc2)sc1C1CC1. The lowest BCUT2D eigenvalue weighted by molar-refractivity contribution is -0.137. The quantitative estimate of drug-likeness (QED) is 0.207. The molecule has 0 aliphatic heterocycles. The summed E-state index contributed by atoms with van der Waals surface area (Å²) in [6, 6.07) is 12.2. The number of aromatic nitrogens is 1. The summed E-state index contributed by atoms with van der Waals surface area (Å²) in [6.45, 7) is 0.143. The van der Waals surface area contributed by atoms with Gasteiger partial charge in [0.2, 0.25) is 5.88 Å². The van der Waals surface area contributed by atoms with Crippen molar-refractivity contribution in [1.29, 1.82) is 0 Å². The van der Waals surface area contributed by atoms with Gasteiger partial charge in [0, 0.05) is 5.56 Å². The van der Waals surface area contributed by atoms with Crippen LogP contribution in [0.3, 0.4) is 0 Å². The topological polar surface area (TPSA) is 57.7 Å². The highest BCUT2D eigenvalue weighted by Gasteiger charge is 2.32. The van der Waals surface area contributed by atoms with Gasteiger partial charge in [-0.05, 0) is 42.0 Å². The number of nitrogens with zero attached hydrogens (tertiary/aromatic N) is 1. The van der Waals surface area contributed by atoms with E-state index < -0.39 is 17.7 Å². The van der Waals surface area contributed by atoms with Gasteiger partial charge in [-0.3, -0.25) is 0 Å². The molecule has 1 fully saturated rings. The summed E-state index contributed by atoms with van der Waals surface area (Å²) in [7, 11) is 2.74. The molecule has 0 unspecified atom stereocenters. The Morgan fingerprint density at radius 2 is 1.82 bits per heavy atom. The van der Waals surface area contributed by atoms with E-state index in [1.165, 1.54) is 44.0 Å². The predicted molar refractivity (Wildman–Crippen MR) is 122 cm³/mol. The first-order valence-electron chi connectivity index (χ1n) is 10.5. The first kappa shape index (κ1) is 23.8. The molecule has 0 atom stereocenters. The fourth-order valence-corrected chi connectivity index (χ4v) is 4.64. The summed E-state index contributed by atoms with van der Waals surface area (Å²) in [5, 5.41) is 0.605. The van der Waals surface area contributed by atoms with E-state index in [2.05, 4.69) is 4.98 Å². The van der Waals surface area contributed by atoms with Crippen molar-refractivity contribution in [2.24, 2.45) is 0 Å². The standard InChI is InChI=1S/C25H22F3NO4S/c1-31-14-20(24(30)32-2)19-6-4-3-5-17(19)13-33-22-21(15-7-8-15)34-23(29-22)16-9-11-18(12-10-16)25(26,27)28/h3-6,9-12,14-15H,7-8,13H2,1-2H3/b20-14+. The number of hydrogen-bond acceptors (Lipinski definition) is 6. The lowest BCUT2D eigenvalue weighted by Crippen LogP contribution is -2.08. The van der Waals surface area contributed by atoms with Gasteiger partial charge in [0.15, 0.2) is 0 Å². The van der Waals surface area contributed by atoms with Gasteiger partial charge in [-0.2, -0.15) is 13.2 Å². The largest absolute Gasteiger partial charge is 0.503 e. The molecule has 0 amide bonds. The lowest BCUT2D eigenvalue weighted by Gasteiger charge is -2.12. The van der Waals surface area contributed by atoms with E-state index in [4.69, 9.17) is 14.2 Å². The number of esters is 1. The summed E-state index contributed by atoms with van der Waals surface area (Å²) in [5.41, 5.74) is 1.51. The number of carbonyl (C=O) groups excluding carboxylic acids is 1. The third-order valence-corrected chi connectivity index (χ3v) is 6.59. The molecule has 1 saturated carbocycles. The van der Waals surface area contributed by atoms with Crippen LogP contribution in [-0.4, -0.2) is 25.2 Å². The monoisotopic (exact) mass is 489 g/mol. The zero-order valence-electron chi connectivity index (χ0n) is 18.5. The van der Waals surface area contributed by atoms with Gasteiger partial charge in [-0.15, -0.1) is 11.3 Å². The highest BCUT2D eigenvalue weighted by Crippen LogP contribution is 2.49. The van der Waals surface area contributed by atoms with E-state index in [0.29, 0.717) is 27.9 Å². The van der Waals surface area contributed by atoms with Crippen LogP contribution >= 0.6 is 11.3 Å². The van der Waals surface area contributed by atoms with Gasteiger partial charge < -0.3 is 14.2 Å². The first-order valence-corrected chi connectivity index (χ1v) is 11.3. The molecule has 3 aromatic rings. The fraction of sp³-hybridized carbons (Fsp3) is 0.280. The van der Waals surface area contributed by atoms with Gasteiger partial charge in [0.1, 0.15) is 17.2 Å². The molecule has 34 heavy (non-hydrogen) atoms. The number of alkyl halides is 3. The van der Waals surface area contributed by atoms with Crippen molar-refractivity contribution >= 4 is 22.9 Å². The van der Waals surface area contributed by atoms with Crippen LogP contribution in [0, 0.1) is 0 Å². The Kier molecular flexibility index (Phi) is 6.92. The van der Waals surface area contributed by atoms with Crippen LogP contribution in [0.4, 0.5) is 13.2 Å². The van der Waals surface area contributed by atoms with Crippen LogP contribution in [-0.2, 0) is 27.1 Å². The molecule has 1 heterocycles. The first-order chi connectivity index (χ1) is 16.3. The molecule has 0 spiro atoms. The van der Waals surface area contributed by atoms with Gasteiger partial charge in [0.25, 0.3) is 0 Å². The second kappa shape index (κ2) is 9.89. The zero-order valence-corrected chi connectivity index (χ0v) is 19.3. The van der Waals surface area contributed by atoms with Crippen LogP contribution < -0.4 is 4.74 Å². The second-order valence-electron chi connectivity index (χ2n) is 7.74. The van der Waals surface area contributed by atoms with Crippen LogP contribution in [0.1, 0.15) is 40.3 Å². The van der Waals surface area contributed by atoms with Gasteiger partial charge in [0.05, 0.1) is 30.9 Å². The highest BCUT2D eigenvalue weighted by atomic mass is 32.1. The Morgan fingerprint density at radius 1 is 1.12 bits per heavy atom. The minimum Gasteiger partial charge on any atom is -0.503 e. The number of benzene rings is 2. The van der Waals surface area contributed by atoms with Crippen LogP contribution in [0.5, 0.6) is 5.88 Å². The molecule has 2 aromatic carbocycles. The van der Waals surface area contributed by atoms with Crippen LogP contribution in [0.25, 0.3) is 16.1 Å². The number of ether oxygens (including phenoxy) is 3. The maximum atomic E-state index is 12.9. The minimum absolute atomic E-state index is 0.143. The van der Waals surface area contributed by atoms with Crippen molar-refractivity contribution in [3.63, 3.8) is 0 Å². The smallest absolute Gasteiger partial charge is 0.416 e. The molecule has 0 bridgehead atoms. The van der Waals surface area contributed by atoms with Crippen molar-refractivity contribution in [2.75, 3.05) is 14.2 Å². The predicted octanol–water partition coefficient (Wildman–Crippen LogP) is 6.45. The molecular weight excluding hydrogens is 467 g/mol. The molecule has 1 aromatic heterocycles. The van der Waals surface area contributed by atoms with Crippen molar-refractivity contribution in [1.82, 2.24) is 4.98 Å². The Balaban J connectivity index is 1.60. The van der Waals surface area contributed by atoms with Gasteiger partial charge in [-0.1, -0.05) is 36.4 Å². The Labute approximate surface area is 198 Å². The van der Waals surface area contributed by atoms with E-state index in [9.17, 15) is 18.0 Å². The van der Waals surface area contributed by atoms with Crippen molar-refractivity contribution in [3.05, 3.63) is 76.4 Å². The molecular formula is C25H22F3NO4S. The van der Waals surface area contributed by atoms with E-state index >= 15 is 0 Å². The van der Waals surface area contributed by atoms with Gasteiger partial charge in [-0.25, -0.2) is 9.78 Å². The number of thiazole rings is 1. The summed E-state index contributed by atoms with van der Waals surface area (Å²) in [4.78, 5) is 17.8. The number of rotatable bonds is 8. The normalized spacial score (nSPS) is 14.1. The maximum absolute atomic E-state index is 12.9.